The number of alkyl halides is 3. The first kappa shape index (κ1) is 14.8. The Kier molecular flexibility index (Phi) is 4.01. The molecule has 4 nitrogen and oxygen atoms in total. The van der Waals surface area contributed by atoms with E-state index in [1.165, 1.54) is 10.7 Å². The average Bonchev–Trinajstić information content (AvgIpc) is 2.86. The standard InChI is InChI=1S/C12H12ClF3N4/c1-2-9(17)10-6-20(19-18-10)11-4-3-7(5-8(11)13)12(14,15)16/h3-6,9H,2,17H2,1H3. The van der Waals surface area contributed by atoms with E-state index in [-0.39, 0.29) is 11.1 Å². The normalized spacial score (nSPS) is 13.5. The molecule has 0 fully saturated rings. The van der Waals surface area contributed by atoms with Gasteiger partial charge in [0.2, 0.25) is 0 Å². The predicted molar refractivity (Wildman–Crippen MR) is 68.6 cm³/mol. The van der Waals surface area contributed by atoms with Crippen molar-refractivity contribution in [3.63, 3.8) is 0 Å². The molecule has 0 aliphatic carbocycles. The lowest BCUT2D eigenvalue weighted by Gasteiger charge is -2.09. The Balaban J connectivity index is 2.36. The van der Waals surface area contributed by atoms with Gasteiger partial charge in [0.05, 0.1) is 34.2 Å². The van der Waals surface area contributed by atoms with E-state index in [0.29, 0.717) is 17.8 Å². The molecule has 0 aliphatic heterocycles. The Bertz CT molecular complexity index is 609. The molecule has 0 radical (unpaired) electrons. The second kappa shape index (κ2) is 5.41. The van der Waals surface area contributed by atoms with E-state index in [1.807, 2.05) is 6.92 Å². The van der Waals surface area contributed by atoms with Gasteiger partial charge < -0.3 is 5.73 Å². The molecule has 0 spiro atoms. The molecule has 1 atom stereocenters. The van der Waals surface area contributed by atoms with E-state index in [4.69, 9.17) is 17.3 Å². The first-order valence-corrected chi connectivity index (χ1v) is 6.25. The van der Waals surface area contributed by atoms with Crippen molar-refractivity contribution in [2.45, 2.75) is 25.6 Å². The summed E-state index contributed by atoms with van der Waals surface area (Å²) >= 11 is 5.87. The Morgan fingerprint density at radius 2 is 2.10 bits per heavy atom. The zero-order chi connectivity index (χ0) is 14.9. The van der Waals surface area contributed by atoms with Gasteiger partial charge in [-0.2, -0.15) is 13.2 Å². The number of hydrogen-bond donors (Lipinski definition) is 1. The number of hydrogen-bond acceptors (Lipinski definition) is 3. The van der Waals surface area contributed by atoms with Crippen LogP contribution in [0.15, 0.2) is 24.4 Å². The molecular formula is C12H12ClF3N4. The average molecular weight is 305 g/mol. The molecular weight excluding hydrogens is 293 g/mol. The summed E-state index contributed by atoms with van der Waals surface area (Å²) in [7, 11) is 0. The molecule has 0 aliphatic rings. The fourth-order valence-corrected chi connectivity index (χ4v) is 1.91. The van der Waals surface area contributed by atoms with Crippen molar-refractivity contribution in [1.29, 1.82) is 0 Å². The van der Waals surface area contributed by atoms with Crippen molar-refractivity contribution in [3.8, 4) is 5.69 Å². The highest BCUT2D eigenvalue weighted by Crippen LogP contribution is 2.33. The second-order valence-corrected chi connectivity index (χ2v) is 4.67. The van der Waals surface area contributed by atoms with Crippen molar-refractivity contribution in [2.24, 2.45) is 5.73 Å². The van der Waals surface area contributed by atoms with Crippen LogP contribution in [0.25, 0.3) is 5.69 Å². The van der Waals surface area contributed by atoms with Crippen molar-refractivity contribution in [2.75, 3.05) is 0 Å². The molecule has 20 heavy (non-hydrogen) atoms. The monoisotopic (exact) mass is 304 g/mol. The third-order valence-electron chi connectivity index (χ3n) is 2.85. The van der Waals surface area contributed by atoms with Crippen molar-refractivity contribution < 1.29 is 13.2 Å². The summed E-state index contributed by atoms with van der Waals surface area (Å²) in [4.78, 5) is 0. The van der Waals surface area contributed by atoms with Crippen LogP contribution in [-0.2, 0) is 6.18 Å². The summed E-state index contributed by atoms with van der Waals surface area (Å²) in [5.74, 6) is 0. The van der Waals surface area contributed by atoms with Crippen LogP contribution in [0.4, 0.5) is 13.2 Å². The minimum Gasteiger partial charge on any atom is -0.323 e. The lowest BCUT2D eigenvalue weighted by molar-refractivity contribution is -0.137. The zero-order valence-corrected chi connectivity index (χ0v) is 11.3. The van der Waals surface area contributed by atoms with Gasteiger partial charge in [0, 0.05) is 0 Å². The fourth-order valence-electron chi connectivity index (χ4n) is 1.64. The molecule has 2 N–H and O–H groups in total. The maximum atomic E-state index is 12.5. The van der Waals surface area contributed by atoms with E-state index in [2.05, 4.69) is 10.3 Å². The summed E-state index contributed by atoms with van der Waals surface area (Å²) in [5.41, 5.74) is 5.88. The highest BCUT2D eigenvalue weighted by atomic mass is 35.5. The highest BCUT2D eigenvalue weighted by molar-refractivity contribution is 6.32. The molecule has 8 heteroatoms. The van der Waals surface area contributed by atoms with Crippen LogP contribution >= 0.6 is 11.6 Å². The second-order valence-electron chi connectivity index (χ2n) is 4.27. The first-order chi connectivity index (χ1) is 9.32. The van der Waals surface area contributed by atoms with E-state index >= 15 is 0 Å². The molecule has 1 unspecified atom stereocenters. The summed E-state index contributed by atoms with van der Waals surface area (Å²) in [6.07, 6.45) is -2.19. The molecule has 2 aromatic rings. The van der Waals surface area contributed by atoms with Gasteiger partial charge in [-0.05, 0) is 24.6 Å². The SMILES string of the molecule is CCC(N)c1cn(-c2ccc(C(F)(F)F)cc2Cl)nn1. The van der Waals surface area contributed by atoms with Crippen molar-refractivity contribution >= 4 is 11.6 Å². The number of benzene rings is 1. The molecule has 2 rings (SSSR count). The quantitative estimate of drug-likeness (QED) is 0.946. The number of nitrogens with zero attached hydrogens (tertiary/aromatic N) is 3. The summed E-state index contributed by atoms with van der Waals surface area (Å²) in [6.45, 7) is 1.90. The van der Waals surface area contributed by atoms with Gasteiger partial charge in [-0.1, -0.05) is 23.7 Å². The van der Waals surface area contributed by atoms with Crippen LogP contribution in [0, 0.1) is 0 Å². The fraction of sp³-hybridized carbons (Fsp3) is 0.333. The molecule has 0 bridgehead atoms. The Morgan fingerprint density at radius 3 is 2.65 bits per heavy atom. The van der Waals surface area contributed by atoms with Crippen molar-refractivity contribution in [3.05, 3.63) is 40.7 Å². The molecule has 0 saturated carbocycles. The van der Waals surface area contributed by atoms with Crippen LogP contribution in [0.5, 0.6) is 0 Å². The molecule has 1 aromatic heterocycles. The minimum absolute atomic E-state index is 0.0543. The van der Waals surface area contributed by atoms with Crippen LogP contribution in [0.3, 0.4) is 0 Å². The van der Waals surface area contributed by atoms with Gasteiger partial charge >= 0.3 is 6.18 Å². The molecule has 0 amide bonds. The van der Waals surface area contributed by atoms with E-state index in [0.717, 1.165) is 12.1 Å². The summed E-state index contributed by atoms with van der Waals surface area (Å²) < 4.78 is 39.0. The van der Waals surface area contributed by atoms with E-state index < -0.39 is 11.7 Å². The lowest BCUT2D eigenvalue weighted by atomic mass is 10.2. The van der Waals surface area contributed by atoms with Gasteiger partial charge in [0.1, 0.15) is 0 Å². The van der Waals surface area contributed by atoms with Gasteiger partial charge in [-0.3, -0.25) is 0 Å². The third-order valence-corrected chi connectivity index (χ3v) is 3.16. The Hall–Kier alpha value is -1.60. The summed E-state index contributed by atoms with van der Waals surface area (Å²) in [6, 6.07) is 2.79. The number of nitrogens with two attached hydrogens (primary N) is 1. The molecule has 1 aromatic carbocycles. The number of rotatable bonds is 3. The van der Waals surface area contributed by atoms with Crippen LogP contribution in [0.2, 0.25) is 5.02 Å². The summed E-state index contributed by atoms with van der Waals surface area (Å²) in [5, 5.41) is 7.66. The van der Waals surface area contributed by atoms with Crippen LogP contribution in [0.1, 0.15) is 30.6 Å². The molecule has 108 valence electrons. The third kappa shape index (κ3) is 2.94. The minimum atomic E-state index is -4.43. The highest BCUT2D eigenvalue weighted by Gasteiger charge is 2.31. The number of halogens is 4. The first-order valence-electron chi connectivity index (χ1n) is 5.88. The largest absolute Gasteiger partial charge is 0.416 e. The maximum absolute atomic E-state index is 12.5. The lowest BCUT2D eigenvalue weighted by Crippen LogP contribution is -2.08. The van der Waals surface area contributed by atoms with E-state index in [9.17, 15) is 13.2 Å². The van der Waals surface area contributed by atoms with Crippen molar-refractivity contribution in [1.82, 2.24) is 15.0 Å². The van der Waals surface area contributed by atoms with Gasteiger partial charge in [0.25, 0.3) is 0 Å². The topological polar surface area (TPSA) is 56.7 Å². The van der Waals surface area contributed by atoms with Gasteiger partial charge in [-0.15, -0.1) is 5.10 Å². The van der Waals surface area contributed by atoms with Gasteiger partial charge in [0.15, 0.2) is 0 Å². The van der Waals surface area contributed by atoms with E-state index in [1.54, 1.807) is 6.20 Å². The smallest absolute Gasteiger partial charge is 0.323 e. The molecule has 1 heterocycles. The van der Waals surface area contributed by atoms with Gasteiger partial charge in [-0.25, -0.2) is 4.68 Å². The Labute approximate surface area is 118 Å². The number of aromatic nitrogens is 3. The maximum Gasteiger partial charge on any atom is 0.416 e. The Morgan fingerprint density at radius 1 is 1.40 bits per heavy atom. The molecule has 0 saturated heterocycles. The van der Waals surface area contributed by atoms with Crippen LogP contribution < -0.4 is 5.73 Å². The predicted octanol–water partition coefficient (Wildman–Crippen LogP) is 3.35. The zero-order valence-electron chi connectivity index (χ0n) is 10.5. The van der Waals surface area contributed by atoms with Crippen LogP contribution in [-0.4, -0.2) is 15.0 Å².